The van der Waals surface area contributed by atoms with Gasteiger partial charge < -0.3 is 14.5 Å². The molecule has 29 heavy (non-hydrogen) atoms. The Hall–Kier alpha value is -2.81. The molecule has 1 aromatic carbocycles. The fourth-order valence-electron chi connectivity index (χ4n) is 2.34. The fourth-order valence-corrected chi connectivity index (χ4v) is 2.94. The van der Waals surface area contributed by atoms with Crippen LogP contribution in [-0.2, 0) is 15.9 Å². The van der Waals surface area contributed by atoms with Gasteiger partial charge in [0.2, 0.25) is 0 Å². The molecule has 156 valence electrons. The maximum Gasteiger partial charge on any atom is 0.411 e. The number of aromatic amines is 1. The van der Waals surface area contributed by atoms with Crippen LogP contribution in [0.5, 0.6) is 0 Å². The molecule has 0 fully saturated rings. The summed E-state index contributed by atoms with van der Waals surface area (Å²) in [6, 6.07) is 5.44. The molecular formula is C20H25BrN4O4. The second kappa shape index (κ2) is 10.1. The van der Waals surface area contributed by atoms with Crippen LogP contribution in [0.1, 0.15) is 33.0 Å². The summed E-state index contributed by atoms with van der Waals surface area (Å²) in [6.07, 6.45) is 5.55. The van der Waals surface area contributed by atoms with Gasteiger partial charge in [0, 0.05) is 28.3 Å². The summed E-state index contributed by atoms with van der Waals surface area (Å²) in [6.45, 7) is 5.44. The van der Waals surface area contributed by atoms with Crippen molar-refractivity contribution in [3.05, 3.63) is 47.0 Å². The Bertz CT molecular complexity index is 887. The molecule has 2 amide bonds. The van der Waals surface area contributed by atoms with E-state index in [0.29, 0.717) is 18.5 Å². The van der Waals surface area contributed by atoms with Crippen molar-refractivity contribution in [3.63, 3.8) is 0 Å². The van der Waals surface area contributed by atoms with Gasteiger partial charge in [-0.25, -0.2) is 14.6 Å². The molecule has 0 saturated heterocycles. The molecule has 0 saturated carbocycles. The number of imidazole rings is 1. The minimum Gasteiger partial charge on any atom is -0.453 e. The molecule has 0 aliphatic heterocycles. The highest BCUT2D eigenvalue weighted by Gasteiger charge is 2.14. The maximum absolute atomic E-state index is 11.5. The minimum absolute atomic E-state index is 0.482. The Kier molecular flexibility index (Phi) is 7.83. The highest BCUT2D eigenvalue weighted by molar-refractivity contribution is 9.10. The van der Waals surface area contributed by atoms with E-state index in [2.05, 4.69) is 41.3 Å². The summed E-state index contributed by atoms with van der Waals surface area (Å²) in [5.74, 6) is 0.825. The van der Waals surface area contributed by atoms with E-state index in [1.807, 2.05) is 32.9 Å². The molecule has 0 spiro atoms. The number of nitrogens with one attached hydrogen (secondary N) is 3. The summed E-state index contributed by atoms with van der Waals surface area (Å²) in [5.41, 5.74) is 1.87. The van der Waals surface area contributed by atoms with E-state index in [9.17, 15) is 9.59 Å². The largest absolute Gasteiger partial charge is 0.453 e. The van der Waals surface area contributed by atoms with Crippen molar-refractivity contribution >= 4 is 33.8 Å². The Labute approximate surface area is 178 Å². The number of aromatic nitrogens is 2. The van der Waals surface area contributed by atoms with E-state index in [1.165, 1.54) is 7.11 Å². The summed E-state index contributed by atoms with van der Waals surface area (Å²) in [5, 5.41) is 5.18. The predicted molar refractivity (Wildman–Crippen MR) is 115 cm³/mol. The smallest absolute Gasteiger partial charge is 0.411 e. The molecule has 0 atom stereocenters. The number of methoxy groups -OCH3 is 1. The molecule has 1 aromatic heterocycles. The van der Waals surface area contributed by atoms with Crippen molar-refractivity contribution < 1.29 is 19.1 Å². The second-order valence-electron chi connectivity index (χ2n) is 7.14. The number of aryl methyl sites for hydroxylation is 1. The average Bonchev–Trinajstić information content (AvgIpc) is 3.08. The molecule has 0 unspecified atom stereocenters. The number of carbonyl (C=O) groups excluding carboxylic acids is 2. The molecule has 1 heterocycles. The van der Waals surface area contributed by atoms with Gasteiger partial charge in [-0.1, -0.05) is 22.0 Å². The Balaban J connectivity index is 1.88. The first kappa shape index (κ1) is 22.5. The van der Waals surface area contributed by atoms with Gasteiger partial charge in [0.25, 0.3) is 0 Å². The number of rotatable bonds is 6. The SMILES string of the molecule is COC(=O)Nc1ccc(-c2cnc(CCC=CNC(=O)OC(C)(C)C)[nH]2)c(Br)c1. The van der Waals surface area contributed by atoms with Gasteiger partial charge in [0.05, 0.1) is 19.0 Å². The van der Waals surface area contributed by atoms with Crippen LogP contribution in [0.25, 0.3) is 11.3 Å². The van der Waals surface area contributed by atoms with Crippen molar-refractivity contribution in [1.82, 2.24) is 15.3 Å². The third-order valence-corrected chi connectivity index (χ3v) is 4.24. The van der Waals surface area contributed by atoms with Gasteiger partial charge >= 0.3 is 12.2 Å². The average molecular weight is 465 g/mol. The summed E-state index contributed by atoms with van der Waals surface area (Å²) >= 11 is 3.51. The highest BCUT2D eigenvalue weighted by Crippen LogP contribution is 2.29. The Morgan fingerprint density at radius 1 is 1.28 bits per heavy atom. The van der Waals surface area contributed by atoms with Crippen molar-refractivity contribution in [1.29, 1.82) is 0 Å². The van der Waals surface area contributed by atoms with Crippen LogP contribution < -0.4 is 10.6 Å². The number of ether oxygens (including phenoxy) is 2. The van der Waals surface area contributed by atoms with Crippen molar-refractivity contribution in [3.8, 4) is 11.3 Å². The molecule has 2 rings (SSSR count). The van der Waals surface area contributed by atoms with Gasteiger partial charge in [0.1, 0.15) is 11.4 Å². The van der Waals surface area contributed by atoms with Crippen LogP contribution in [0.15, 0.2) is 41.1 Å². The molecule has 2 aromatic rings. The molecular weight excluding hydrogens is 440 g/mol. The number of benzene rings is 1. The number of H-pyrrole nitrogens is 1. The monoisotopic (exact) mass is 464 g/mol. The summed E-state index contributed by atoms with van der Waals surface area (Å²) in [4.78, 5) is 30.5. The van der Waals surface area contributed by atoms with E-state index >= 15 is 0 Å². The number of nitrogens with zero attached hydrogens (tertiary/aromatic N) is 1. The number of hydrogen-bond acceptors (Lipinski definition) is 5. The van der Waals surface area contributed by atoms with Crippen LogP contribution in [-0.4, -0.2) is 34.9 Å². The van der Waals surface area contributed by atoms with E-state index in [0.717, 1.165) is 21.6 Å². The van der Waals surface area contributed by atoms with Crippen LogP contribution in [0.4, 0.5) is 15.3 Å². The summed E-state index contributed by atoms with van der Waals surface area (Å²) < 4.78 is 10.5. The third kappa shape index (κ3) is 7.61. The van der Waals surface area contributed by atoms with Gasteiger partial charge in [-0.05, 0) is 45.4 Å². The van der Waals surface area contributed by atoms with Gasteiger partial charge in [-0.15, -0.1) is 0 Å². The molecule has 0 aliphatic carbocycles. The molecule has 9 heteroatoms. The van der Waals surface area contributed by atoms with E-state index in [4.69, 9.17) is 4.74 Å². The van der Waals surface area contributed by atoms with Crippen molar-refractivity contribution in [2.75, 3.05) is 12.4 Å². The first-order chi connectivity index (χ1) is 13.7. The lowest BCUT2D eigenvalue weighted by Gasteiger charge is -2.18. The van der Waals surface area contributed by atoms with E-state index in [1.54, 1.807) is 24.5 Å². The van der Waals surface area contributed by atoms with Gasteiger partial charge in [0.15, 0.2) is 0 Å². The molecule has 8 nitrogen and oxygen atoms in total. The highest BCUT2D eigenvalue weighted by atomic mass is 79.9. The Morgan fingerprint density at radius 3 is 2.69 bits per heavy atom. The quantitative estimate of drug-likeness (QED) is 0.558. The van der Waals surface area contributed by atoms with Crippen molar-refractivity contribution in [2.45, 2.75) is 39.2 Å². The van der Waals surface area contributed by atoms with Crippen LogP contribution in [0, 0.1) is 0 Å². The third-order valence-electron chi connectivity index (χ3n) is 3.59. The molecule has 3 N–H and O–H groups in total. The number of halogens is 1. The van der Waals surface area contributed by atoms with E-state index < -0.39 is 17.8 Å². The Morgan fingerprint density at radius 2 is 2.03 bits per heavy atom. The zero-order chi connectivity index (χ0) is 21.4. The lowest BCUT2D eigenvalue weighted by Crippen LogP contribution is -2.29. The lowest BCUT2D eigenvalue weighted by molar-refractivity contribution is 0.0552. The van der Waals surface area contributed by atoms with Crippen LogP contribution in [0.2, 0.25) is 0 Å². The number of allylic oxidation sites excluding steroid dienone is 1. The van der Waals surface area contributed by atoms with Crippen LogP contribution in [0.3, 0.4) is 0 Å². The van der Waals surface area contributed by atoms with Gasteiger partial charge in [-0.2, -0.15) is 0 Å². The normalized spacial score (nSPS) is 11.3. The van der Waals surface area contributed by atoms with Crippen molar-refractivity contribution in [2.24, 2.45) is 0 Å². The number of anilines is 1. The maximum atomic E-state index is 11.5. The summed E-state index contributed by atoms with van der Waals surface area (Å²) in [7, 11) is 1.31. The van der Waals surface area contributed by atoms with Crippen LogP contribution >= 0.6 is 15.9 Å². The number of carbonyl (C=O) groups is 2. The fraction of sp³-hybridized carbons (Fsp3) is 0.350. The minimum atomic E-state index is -0.525. The molecule has 0 radical (unpaired) electrons. The topological polar surface area (TPSA) is 105 Å². The molecule has 0 bridgehead atoms. The lowest BCUT2D eigenvalue weighted by atomic mass is 10.1. The second-order valence-corrected chi connectivity index (χ2v) is 8.00. The predicted octanol–water partition coefficient (Wildman–Crippen LogP) is 4.99. The number of alkyl carbamates (subject to hydrolysis) is 1. The number of hydrogen-bond donors (Lipinski definition) is 3. The first-order valence-corrected chi connectivity index (χ1v) is 9.80. The van der Waals surface area contributed by atoms with E-state index in [-0.39, 0.29) is 0 Å². The first-order valence-electron chi connectivity index (χ1n) is 9.01. The zero-order valence-electron chi connectivity index (χ0n) is 16.8. The zero-order valence-corrected chi connectivity index (χ0v) is 18.4. The standard InChI is InChI=1S/C20H25BrN4O4/c1-20(2,3)29-18(26)22-10-6-5-7-17-23-12-16(25-17)14-9-8-13(11-15(14)21)24-19(27)28-4/h6,8-12H,5,7H2,1-4H3,(H,22,26)(H,23,25)(H,24,27). The number of amides is 2. The van der Waals surface area contributed by atoms with Gasteiger partial charge in [-0.3, -0.25) is 10.6 Å². The molecule has 0 aliphatic rings.